The molecule has 5 nitrogen and oxygen atoms in total. The smallest absolute Gasteiger partial charge is 0.234 e. The molecule has 1 saturated heterocycles. The van der Waals surface area contributed by atoms with Gasteiger partial charge in [-0.2, -0.15) is 0 Å². The molecule has 1 fully saturated rings. The van der Waals surface area contributed by atoms with Crippen LogP contribution in [0.4, 0.5) is 0 Å². The normalized spacial score (nSPS) is 17.4. The molecule has 1 aliphatic heterocycles. The number of benzene rings is 1. The predicted molar refractivity (Wildman–Crippen MR) is 99.4 cm³/mol. The number of rotatable bonds is 8. The van der Waals surface area contributed by atoms with Gasteiger partial charge in [0, 0.05) is 10.9 Å². The summed E-state index contributed by atoms with van der Waals surface area (Å²) < 4.78 is 10.9. The maximum atomic E-state index is 12.2. The fraction of sp³-hybridized carbons (Fsp3) is 0.421. The lowest BCUT2D eigenvalue weighted by atomic mass is 10.2. The van der Waals surface area contributed by atoms with E-state index in [2.05, 4.69) is 27.7 Å². The maximum absolute atomic E-state index is 12.2. The van der Waals surface area contributed by atoms with Gasteiger partial charge in [0.1, 0.15) is 6.61 Å². The summed E-state index contributed by atoms with van der Waals surface area (Å²) in [6, 6.07) is 12.1. The van der Waals surface area contributed by atoms with Crippen molar-refractivity contribution in [3.05, 3.63) is 46.7 Å². The number of thiophene rings is 1. The summed E-state index contributed by atoms with van der Waals surface area (Å²) in [4.78, 5) is 15.8. The van der Waals surface area contributed by atoms with E-state index < -0.39 is 0 Å². The van der Waals surface area contributed by atoms with Crippen molar-refractivity contribution >= 4 is 17.2 Å². The fourth-order valence-electron chi connectivity index (χ4n) is 3.15. The molecular weight excluding hydrogens is 336 g/mol. The zero-order valence-electron chi connectivity index (χ0n) is 14.4. The number of ether oxygens (including phenoxy) is 2. The van der Waals surface area contributed by atoms with Gasteiger partial charge in [-0.15, -0.1) is 11.3 Å². The molecule has 25 heavy (non-hydrogen) atoms. The zero-order valence-corrected chi connectivity index (χ0v) is 15.3. The molecule has 3 rings (SSSR count). The Morgan fingerprint density at radius 3 is 2.88 bits per heavy atom. The number of para-hydroxylation sites is 2. The first-order chi connectivity index (χ1) is 12.3. The Bertz CT molecular complexity index is 675. The third-order valence-corrected chi connectivity index (χ3v) is 5.31. The van der Waals surface area contributed by atoms with Crippen LogP contribution in [0.2, 0.25) is 0 Å². The third-order valence-electron chi connectivity index (χ3n) is 4.33. The van der Waals surface area contributed by atoms with Crippen molar-refractivity contribution in [1.29, 1.82) is 0 Å². The van der Waals surface area contributed by atoms with Gasteiger partial charge in [0.25, 0.3) is 0 Å². The second-order valence-electron chi connectivity index (χ2n) is 5.99. The molecule has 1 atom stereocenters. The quantitative estimate of drug-likeness (QED) is 0.735. The highest BCUT2D eigenvalue weighted by Gasteiger charge is 2.27. The number of hydrogen-bond acceptors (Lipinski definition) is 5. The first kappa shape index (κ1) is 17.8. The van der Waals surface area contributed by atoms with Crippen LogP contribution in [0.1, 0.15) is 23.8 Å². The van der Waals surface area contributed by atoms with Crippen LogP contribution >= 0.6 is 11.3 Å². The topological polar surface area (TPSA) is 50.8 Å². The van der Waals surface area contributed by atoms with Crippen LogP contribution in [0, 0.1) is 0 Å². The minimum absolute atomic E-state index is 0.0482. The number of likely N-dealkylation sites (tertiary alicyclic amines) is 1. The summed E-state index contributed by atoms with van der Waals surface area (Å²) >= 11 is 1.77. The average molecular weight is 360 g/mol. The molecule has 0 spiro atoms. The van der Waals surface area contributed by atoms with Crippen LogP contribution in [0.5, 0.6) is 11.5 Å². The number of amides is 1. The Morgan fingerprint density at radius 1 is 1.28 bits per heavy atom. The number of carbonyl (C=O) groups excluding carboxylic acids is 1. The summed E-state index contributed by atoms with van der Waals surface area (Å²) in [5.74, 6) is 1.44. The summed E-state index contributed by atoms with van der Waals surface area (Å²) in [6.07, 6.45) is 2.28. The second-order valence-corrected chi connectivity index (χ2v) is 6.97. The van der Waals surface area contributed by atoms with Gasteiger partial charge in [0.2, 0.25) is 5.91 Å². The van der Waals surface area contributed by atoms with Crippen LogP contribution in [0.25, 0.3) is 0 Å². The lowest BCUT2D eigenvalue weighted by molar-refractivity contribution is -0.122. The number of carbonyl (C=O) groups is 1. The summed E-state index contributed by atoms with van der Waals surface area (Å²) in [7, 11) is 1.62. The lowest BCUT2D eigenvalue weighted by Crippen LogP contribution is -2.38. The van der Waals surface area contributed by atoms with Crippen molar-refractivity contribution < 1.29 is 14.3 Å². The molecule has 2 aromatic rings. The molecular formula is C19H24N2O3S. The molecule has 0 saturated carbocycles. The van der Waals surface area contributed by atoms with Crippen molar-refractivity contribution in [2.75, 3.05) is 33.4 Å². The molecule has 1 N–H and O–H groups in total. The first-order valence-corrected chi connectivity index (χ1v) is 9.46. The largest absolute Gasteiger partial charge is 0.493 e. The van der Waals surface area contributed by atoms with E-state index >= 15 is 0 Å². The van der Waals surface area contributed by atoms with Crippen LogP contribution in [-0.4, -0.2) is 44.2 Å². The molecule has 0 unspecified atom stereocenters. The van der Waals surface area contributed by atoms with Crippen LogP contribution < -0.4 is 14.8 Å². The Balaban J connectivity index is 1.41. The van der Waals surface area contributed by atoms with E-state index in [9.17, 15) is 4.79 Å². The molecule has 2 heterocycles. The number of nitrogens with zero attached hydrogens (tertiary/aromatic N) is 1. The van der Waals surface area contributed by atoms with Crippen LogP contribution in [-0.2, 0) is 4.79 Å². The lowest BCUT2D eigenvalue weighted by Gasteiger charge is -2.22. The Kier molecular flexibility index (Phi) is 6.30. The molecule has 1 amide bonds. The first-order valence-electron chi connectivity index (χ1n) is 8.58. The van der Waals surface area contributed by atoms with Crippen molar-refractivity contribution in [3.8, 4) is 11.5 Å². The molecule has 0 radical (unpaired) electrons. The van der Waals surface area contributed by atoms with Gasteiger partial charge in [-0.05, 0) is 43.0 Å². The zero-order chi connectivity index (χ0) is 17.5. The monoisotopic (exact) mass is 360 g/mol. The van der Waals surface area contributed by atoms with E-state index in [1.165, 1.54) is 4.88 Å². The van der Waals surface area contributed by atoms with E-state index in [0.29, 0.717) is 37.2 Å². The summed E-state index contributed by atoms with van der Waals surface area (Å²) in [5.41, 5.74) is 0. The molecule has 6 heteroatoms. The summed E-state index contributed by atoms with van der Waals surface area (Å²) in [6.45, 7) is 2.32. The molecule has 0 bridgehead atoms. The van der Waals surface area contributed by atoms with Crippen molar-refractivity contribution in [2.45, 2.75) is 18.9 Å². The molecule has 1 aromatic heterocycles. The highest BCUT2D eigenvalue weighted by atomic mass is 32.1. The van der Waals surface area contributed by atoms with E-state index in [-0.39, 0.29) is 5.91 Å². The van der Waals surface area contributed by atoms with Gasteiger partial charge < -0.3 is 14.8 Å². The maximum Gasteiger partial charge on any atom is 0.234 e. The molecule has 134 valence electrons. The van der Waals surface area contributed by atoms with Gasteiger partial charge in [-0.25, -0.2) is 0 Å². The van der Waals surface area contributed by atoms with E-state index in [1.54, 1.807) is 18.4 Å². The van der Waals surface area contributed by atoms with E-state index in [4.69, 9.17) is 9.47 Å². The third kappa shape index (κ3) is 4.74. The number of hydrogen-bond donors (Lipinski definition) is 1. The van der Waals surface area contributed by atoms with Crippen LogP contribution in [0.15, 0.2) is 41.8 Å². The summed E-state index contributed by atoms with van der Waals surface area (Å²) in [5, 5.41) is 5.04. The van der Waals surface area contributed by atoms with Gasteiger partial charge in [-0.3, -0.25) is 9.69 Å². The minimum atomic E-state index is 0.0482. The molecule has 1 aliphatic rings. The molecule has 0 aliphatic carbocycles. The Hall–Kier alpha value is -2.05. The van der Waals surface area contributed by atoms with E-state index in [0.717, 1.165) is 19.4 Å². The average Bonchev–Trinajstić information content (AvgIpc) is 3.30. The predicted octanol–water partition coefficient (Wildman–Crippen LogP) is 3.09. The van der Waals surface area contributed by atoms with Gasteiger partial charge in [0.15, 0.2) is 11.5 Å². The van der Waals surface area contributed by atoms with Crippen molar-refractivity contribution in [3.63, 3.8) is 0 Å². The Morgan fingerprint density at radius 2 is 2.12 bits per heavy atom. The standard InChI is InChI=1S/C19H24N2O3S/c1-23-16-7-2-3-8-17(16)24-12-10-20-19(22)14-21-11-4-6-15(21)18-9-5-13-25-18/h2-3,5,7-9,13,15H,4,6,10-12,14H2,1H3,(H,20,22)/t15-/m0/s1. The van der Waals surface area contributed by atoms with Gasteiger partial charge >= 0.3 is 0 Å². The highest BCUT2D eigenvalue weighted by molar-refractivity contribution is 7.10. The van der Waals surface area contributed by atoms with Gasteiger partial charge in [-0.1, -0.05) is 18.2 Å². The second kappa shape index (κ2) is 8.87. The van der Waals surface area contributed by atoms with Crippen LogP contribution in [0.3, 0.4) is 0 Å². The highest BCUT2D eigenvalue weighted by Crippen LogP contribution is 2.33. The van der Waals surface area contributed by atoms with Gasteiger partial charge in [0.05, 0.1) is 20.2 Å². The van der Waals surface area contributed by atoms with Crippen molar-refractivity contribution in [1.82, 2.24) is 10.2 Å². The SMILES string of the molecule is COc1ccccc1OCCNC(=O)CN1CCC[C@H]1c1cccs1. The number of methoxy groups -OCH3 is 1. The minimum Gasteiger partial charge on any atom is -0.493 e. The van der Waals surface area contributed by atoms with Crippen molar-refractivity contribution in [2.24, 2.45) is 0 Å². The number of nitrogens with one attached hydrogen (secondary N) is 1. The molecule has 1 aromatic carbocycles. The fourth-order valence-corrected chi connectivity index (χ4v) is 4.04. The Labute approximate surface area is 152 Å². The van der Waals surface area contributed by atoms with E-state index in [1.807, 2.05) is 24.3 Å².